The van der Waals surface area contributed by atoms with Crippen LogP contribution >= 0.6 is 0 Å². The molecule has 0 bridgehead atoms. The van der Waals surface area contributed by atoms with E-state index in [0.29, 0.717) is 18.0 Å². The molecule has 1 aromatic carbocycles. The van der Waals surface area contributed by atoms with Crippen molar-refractivity contribution in [2.24, 2.45) is 5.92 Å². The molecule has 0 aromatic heterocycles. The zero-order valence-corrected chi connectivity index (χ0v) is 11.3. The van der Waals surface area contributed by atoms with Crippen LogP contribution in [0, 0.1) is 12.8 Å². The lowest BCUT2D eigenvalue weighted by Gasteiger charge is -2.11. The van der Waals surface area contributed by atoms with Crippen molar-refractivity contribution in [2.75, 3.05) is 10.6 Å². The van der Waals surface area contributed by atoms with Gasteiger partial charge in [0.1, 0.15) is 0 Å². The Balaban J connectivity index is 2.80. The van der Waals surface area contributed by atoms with E-state index in [0.717, 1.165) is 11.3 Å². The van der Waals surface area contributed by atoms with E-state index in [1.807, 2.05) is 32.9 Å². The molecule has 2 N–H and O–H groups in total. The van der Waals surface area contributed by atoms with Crippen molar-refractivity contribution in [1.82, 2.24) is 0 Å². The van der Waals surface area contributed by atoms with Gasteiger partial charge in [-0.3, -0.25) is 9.59 Å². The SMILES string of the molecule is CC(=O)Nc1ccc(C)c(NC(=O)CC(C)C)c1. The third kappa shape index (κ3) is 4.57. The van der Waals surface area contributed by atoms with Gasteiger partial charge >= 0.3 is 0 Å². The maximum atomic E-state index is 11.7. The topological polar surface area (TPSA) is 58.2 Å². The van der Waals surface area contributed by atoms with E-state index in [4.69, 9.17) is 0 Å². The van der Waals surface area contributed by atoms with Gasteiger partial charge in [-0.25, -0.2) is 0 Å². The van der Waals surface area contributed by atoms with Gasteiger partial charge in [0.2, 0.25) is 11.8 Å². The Kier molecular flexibility index (Phi) is 4.89. The Morgan fingerprint density at radius 2 is 1.89 bits per heavy atom. The minimum absolute atomic E-state index is 0.00641. The fourth-order valence-electron chi connectivity index (χ4n) is 1.61. The molecular formula is C14H20N2O2. The normalized spacial score (nSPS) is 10.3. The number of hydrogen-bond donors (Lipinski definition) is 2. The smallest absolute Gasteiger partial charge is 0.224 e. The zero-order valence-electron chi connectivity index (χ0n) is 11.3. The molecule has 0 spiro atoms. The largest absolute Gasteiger partial charge is 0.326 e. The highest BCUT2D eigenvalue weighted by molar-refractivity contribution is 5.94. The number of rotatable bonds is 4. The van der Waals surface area contributed by atoms with Crippen LogP contribution in [-0.2, 0) is 9.59 Å². The second-order valence-corrected chi connectivity index (χ2v) is 4.86. The van der Waals surface area contributed by atoms with Crippen molar-refractivity contribution in [3.8, 4) is 0 Å². The van der Waals surface area contributed by atoms with Crippen LogP contribution in [0.15, 0.2) is 18.2 Å². The Morgan fingerprint density at radius 1 is 1.22 bits per heavy atom. The first-order valence-electron chi connectivity index (χ1n) is 6.06. The summed E-state index contributed by atoms with van der Waals surface area (Å²) >= 11 is 0. The number of carbonyl (C=O) groups is 2. The molecule has 98 valence electrons. The Labute approximate surface area is 108 Å². The third-order valence-corrected chi connectivity index (χ3v) is 2.43. The molecule has 1 aromatic rings. The van der Waals surface area contributed by atoms with E-state index >= 15 is 0 Å². The number of nitrogens with one attached hydrogen (secondary N) is 2. The van der Waals surface area contributed by atoms with Gasteiger partial charge in [0.25, 0.3) is 0 Å². The highest BCUT2D eigenvalue weighted by Crippen LogP contribution is 2.20. The summed E-state index contributed by atoms with van der Waals surface area (Å²) in [5.41, 5.74) is 2.40. The highest BCUT2D eigenvalue weighted by atomic mass is 16.2. The monoisotopic (exact) mass is 248 g/mol. The second-order valence-electron chi connectivity index (χ2n) is 4.86. The van der Waals surface area contributed by atoms with Gasteiger partial charge in [0.15, 0.2) is 0 Å². The standard InChI is InChI=1S/C14H20N2O2/c1-9(2)7-14(18)16-13-8-12(15-11(4)17)6-5-10(13)3/h5-6,8-9H,7H2,1-4H3,(H,15,17)(H,16,18). The minimum Gasteiger partial charge on any atom is -0.326 e. The van der Waals surface area contributed by atoms with Crippen molar-refractivity contribution in [1.29, 1.82) is 0 Å². The number of anilines is 2. The van der Waals surface area contributed by atoms with E-state index in [9.17, 15) is 9.59 Å². The van der Waals surface area contributed by atoms with Crippen LogP contribution in [0.5, 0.6) is 0 Å². The van der Waals surface area contributed by atoms with E-state index in [1.54, 1.807) is 6.07 Å². The first-order valence-corrected chi connectivity index (χ1v) is 6.06. The summed E-state index contributed by atoms with van der Waals surface area (Å²) in [6, 6.07) is 5.46. The van der Waals surface area contributed by atoms with Crippen LogP contribution in [0.25, 0.3) is 0 Å². The number of hydrogen-bond acceptors (Lipinski definition) is 2. The zero-order chi connectivity index (χ0) is 13.7. The molecule has 0 atom stereocenters. The van der Waals surface area contributed by atoms with E-state index in [1.165, 1.54) is 6.92 Å². The first kappa shape index (κ1) is 14.2. The maximum absolute atomic E-state index is 11.7. The predicted molar refractivity (Wildman–Crippen MR) is 73.6 cm³/mol. The van der Waals surface area contributed by atoms with Gasteiger partial charge in [-0.1, -0.05) is 19.9 Å². The Morgan fingerprint density at radius 3 is 2.44 bits per heavy atom. The van der Waals surface area contributed by atoms with Gasteiger partial charge < -0.3 is 10.6 Å². The van der Waals surface area contributed by atoms with Crippen molar-refractivity contribution in [3.05, 3.63) is 23.8 Å². The van der Waals surface area contributed by atoms with Gasteiger partial charge in [0.05, 0.1) is 0 Å². The summed E-state index contributed by atoms with van der Waals surface area (Å²) < 4.78 is 0. The molecule has 0 radical (unpaired) electrons. The number of amides is 2. The summed E-state index contributed by atoms with van der Waals surface area (Å²) in [5, 5.41) is 5.56. The fraction of sp³-hybridized carbons (Fsp3) is 0.429. The first-order chi connectivity index (χ1) is 8.38. The lowest BCUT2D eigenvalue weighted by molar-refractivity contribution is -0.117. The minimum atomic E-state index is -0.127. The Hall–Kier alpha value is -1.84. The van der Waals surface area contributed by atoms with Crippen molar-refractivity contribution in [2.45, 2.75) is 34.1 Å². The number of aryl methyl sites for hydroxylation is 1. The molecule has 0 fully saturated rings. The molecule has 0 saturated carbocycles. The second kappa shape index (κ2) is 6.19. The van der Waals surface area contributed by atoms with Crippen LogP contribution in [0.4, 0.5) is 11.4 Å². The summed E-state index contributed by atoms with van der Waals surface area (Å²) in [6.07, 6.45) is 0.490. The molecule has 4 heteroatoms. The Bertz CT molecular complexity index is 453. The van der Waals surface area contributed by atoms with Crippen molar-refractivity contribution in [3.63, 3.8) is 0 Å². The number of carbonyl (C=O) groups excluding carboxylic acids is 2. The summed E-state index contributed by atoms with van der Waals surface area (Å²) in [6.45, 7) is 7.37. The molecule has 0 aliphatic rings. The van der Waals surface area contributed by atoms with Crippen molar-refractivity contribution >= 4 is 23.2 Å². The molecular weight excluding hydrogens is 228 g/mol. The van der Waals surface area contributed by atoms with Crippen LogP contribution in [0.3, 0.4) is 0 Å². The van der Waals surface area contributed by atoms with Crippen LogP contribution in [0.1, 0.15) is 32.8 Å². The average molecular weight is 248 g/mol. The molecule has 0 aliphatic heterocycles. The molecule has 1 rings (SSSR count). The van der Waals surface area contributed by atoms with Crippen LogP contribution < -0.4 is 10.6 Å². The molecule has 0 aliphatic carbocycles. The maximum Gasteiger partial charge on any atom is 0.224 e. The van der Waals surface area contributed by atoms with Crippen molar-refractivity contribution < 1.29 is 9.59 Å². The third-order valence-electron chi connectivity index (χ3n) is 2.43. The van der Waals surface area contributed by atoms with Crippen LogP contribution in [0.2, 0.25) is 0 Å². The molecule has 0 saturated heterocycles. The fourth-order valence-corrected chi connectivity index (χ4v) is 1.61. The van der Waals surface area contributed by atoms with Gasteiger partial charge in [-0.05, 0) is 30.5 Å². The molecule has 18 heavy (non-hydrogen) atoms. The van der Waals surface area contributed by atoms with E-state index in [2.05, 4.69) is 10.6 Å². The summed E-state index contributed by atoms with van der Waals surface area (Å²) in [5.74, 6) is 0.190. The predicted octanol–water partition coefficient (Wildman–Crippen LogP) is 2.94. The average Bonchev–Trinajstić information content (AvgIpc) is 2.21. The molecule has 2 amide bonds. The van der Waals surface area contributed by atoms with E-state index in [-0.39, 0.29) is 11.8 Å². The molecule has 4 nitrogen and oxygen atoms in total. The van der Waals surface area contributed by atoms with Gasteiger partial charge in [0, 0.05) is 24.7 Å². The van der Waals surface area contributed by atoms with Crippen LogP contribution in [-0.4, -0.2) is 11.8 Å². The highest BCUT2D eigenvalue weighted by Gasteiger charge is 2.08. The molecule has 0 unspecified atom stereocenters. The quantitative estimate of drug-likeness (QED) is 0.860. The van der Waals surface area contributed by atoms with E-state index < -0.39 is 0 Å². The summed E-state index contributed by atoms with van der Waals surface area (Å²) in [4.78, 5) is 22.7. The summed E-state index contributed by atoms with van der Waals surface area (Å²) in [7, 11) is 0. The van der Waals surface area contributed by atoms with Gasteiger partial charge in [-0.2, -0.15) is 0 Å². The van der Waals surface area contributed by atoms with Gasteiger partial charge in [-0.15, -0.1) is 0 Å². The number of benzene rings is 1. The lowest BCUT2D eigenvalue weighted by Crippen LogP contribution is -2.15. The lowest BCUT2D eigenvalue weighted by atomic mass is 10.1. The molecule has 0 heterocycles.